The summed E-state index contributed by atoms with van der Waals surface area (Å²) in [5, 5.41) is 11.1. The molecule has 0 spiro atoms. The number of nitrogens with one attached hydrogen (secondary N) is 1. The van der Waals surface area contributed by atoms with Crippen LogP contribution in [0.5, 0.6) is 0 Å². The van der Waals surface area contributed by atoms with E-state index in [1.807, 2.05) is 18.2 Å². The molecule has 0 saturated carbocycles. The molecule has 0 bridgehead atoms. The first-order chi connectivity index (χ1) is 9.49. The fourth-order valence-electron chi connectivity index (χ4n) is 2.16. The van der Waals surface area contributed by atoms with E-state index >= 15 is 0 Å². The van der Waals surface area contributed by atoms with Gasteiger partial charge in [-0.1, -0.05) is 18.2 Å². The van der Waals surface area contributed by atoms with Crippen molar-refractivity contribution in [3.8, 4) is 0 Å². The summed E-state index contributed by atoms with van der Waals surface area (Å²) in [5.74, 6) is -1.71. The van der Waals surface area contributed by atoms with E-state index in [9.17, 15) is 14.4 Å². The van der Waals surface area contributed by atoms with Crippen molar-refractivity contribution in [2.75, 3.05) is 11.4 Å². The number of nitrogens with zero attached hydrogens (tertiary/aromatic N) is 1. The first-order valence-electron chi connectivity index (χ1n) is 6.39. The van der Waals surface area contributed by atoms with Crippen molar-refractivity contribution in [3.63, 3.8) is 0 Å². The van der Waals surface area contributed by atoms with E-state index in [1.165, 1.54) is 11.8 Å². The number of carbonyl (C=O) groups is 3. The molecule has 106 valence electrons. The average molecular weight is 276 g/mol. The number of aryl methyl sites for hydroxylation is 1. The van der Waals surface area contributed by atoms with Crippen LogP contribution >= 0.6 is 0 Å². The zero-order valence-corrected chi connectivity index (χ0v) is 11.1. The van der Waals surface area contributed by atoms with Gasteiger partial charge in [-0.05, 0) is 25.0 Å². The fraction of sp³-hybridized carbons (Fsp3) is 0.357. The summed E-state index contributed by atoms with van der Waals surface area (Å²) in [4.78, 5) is 35.9. The summed E-state index contributed by atoms with van der Waals surface area (Å²) >= 11 is 0. The predicted molar refractivity (Wildman–Crippen MR) is 72.4 cm³/mol. The minimum absolute atomic E-state index is 0.123. The van der Waals surface area contributed by atoms with Crippen molar-refractivity contribution in [1.29, 1.82) is 0 Å². The van der Waals surface area contributed by atoms with Crippen LogP contribution in [0.4, 0.5) is 5.69 Å². The molecule has 0 fully saturated rings. The Bertz CT molecular complexity index is 556. The van der Waals surface area contributed by atoms with Crippen molar-refractivity contribution < 1.29 is 19.5 Å². The van der Waals surface area contributed by atoms with E-state index in [4.69, 9.17) is 5.11 Å². The van der Waals surface area contributed by atoms with Crippen molar-refractivity contribution in [1.82, 2.24) is 5.32 Å². The first-order valence-corrected chi connectivity index (χ1v) is 6.39. The molecule has 1 aliphatic rings. The van der Waals surface area contributed by atoms with Crippen LogP contribution in [0.3, 0.4) is 0 Å². The SMILES string of the molecule is C[C@H](NC(=O)CN1C(=O)CCc2ccccc21)C(=O)O. The van der Waals surface area contributed by atoms with Crippen LogP contribution in [0.1, 0.15) is 18.9 Å². The standard InChI is InChI=1S/C14H16N2O4/c1-9(14(19)20)15-12(17)8-16-11-5-3-2-4-10(11)6-7-13(16)18/h2-5,9H,6-8H2,1H3,(H,15,17)(H,19,20)/t9-/m0/s1. The highest BCUT2D eigenvalue weighted by molar-refractivity contribution is 6.01. The zero-order chi connectivity index (χ0) is 14.7. The average Bonchev–Trinajstić information content (AvgIpc) is 2.42. The Kier molecular flexibility index (Phi) is 4.02. The number of benzene rings is 1. The highest BCUT2D eigenvalue weighted by Gasteiger charge is 2.26. The number of amides is 2. The molecule has 2 rings (SSSR count). The summed E-state index contributed by atoms with van der Waals surface area (Å²) in [7, 11) is 0. The molecule has 2 amide bonds. The van der Waals surface area contributed by atoms with Crippen LogP contribution in [-0.2, 0) is 20.8 Å². The Hall–Kier alpha value is -2.37. The van der Waals surface area contributed by atoms with Crippen molar-refractivity contribution >= 4 is 23.5 Å². The van der Waals surface area contributed by atoms with Gasteiger partial charge in [-0.15, -0.1) is 0 Å². The van der Waals surface area contributed by atoms with E-state index in [2.05, 4.69) is 5.32 Å². The minimum Gasteiger partial charge on any atom is -0.480 e. The van der Waals surface area contributed by atoms with Gasteiger partial charge in [0.05, 0.1) is 0 Å². The lowest BCUT2D eigenvalue weighted by Gasteiger charge is -2.29. The number of carbonyl (C=O) groups excluding carboxylic acids is 2. The molecule has 1 heterocycles. The van der Waals surface area contributed by atoms with Crippen molar-refractivity contribution in [2.24, 2.45) is 0 Å². The number of carboxylic acid groups (broad SMARTS) is 1. The molecular weight excluding hydrogens is 260 g/mol. The minimum atomic E-state index is -1.11. The Morgan fingerprint density at radius 1 is 1.35 bits per heavy atom. The van der Waals surface area contributed by atoms with Gasteiger partial charge in [0, 0.05) is 12.1 Å². The van der Waals surface area contributed by atoms with E-state index in [-0.39, 0.29) is 12.5 Å². The van der Waals surface area contributed by atoms with Crippen LogP contribution in [0.2, 0.25) is 0 Å². The maximum absolute atomic E-state index is 11.9. The maximum atomic E-state index is 11.9. The summed E-state index contributed by atoms with van der Waals surface area (Å²) in [6.07, 6.45) is 1.03. The highest BCUT2D eigenvalue weighted by atomic mass is 16.4. The van der Waals surface area contributed by atoms with E-state index in [0.717, 1.165) is 11.3 Å². The molecule has 6 nitrogen and oxygen atoms in total. The normalized spacial score (nSPS) is 15.4. The Balaban J connectivity index is 2.11. The number of fused-ring (bicyclic) bond motifs is 1. The van der Waals surface area contributed by atoms with E-state index < -0.39 is 17.9 Å². The largest absolute Gasteiger partial charge is 0.480 e. The van der Waals surface area contributed by atoms with Crippen molar-refractivity contribution in [2.45, 2.75) is 25.8 Å². The molecule has 1 aliphatic heterocycles. The van der Waals surface area contributed by atoms with Gasteiger partial charge in [0.25, 0.3) is 0 Å². The number of anilines is 1. The second-order valence-corrected chi connectivity index (χ2v) is 4.74. The molecule has 0 unspecified atom stereocenters. The zero-order valence-electron chi connectivity index (χ0n) is 11.1. The summed E-state index contributed by atoms with van der Waals surface area (Å²) < 4.78 is 0. The quantitative estimate of drug-likeness (QED) is 0.841. The van der Waals surface area contributed by atoms with Gasteiger partial charge in [-0.25, -0.2) is 0 Å². The van der Waals surface area contributed by atoms with E-state index in [0.29, 0.717) is 12.8 Å². The van der Waals surface area contributed by atoms with Gasteiger partial charge >= 0.3 is 5.97 Å². The number of rotatable bonds is 4. The van der Waals surface area contributed by atoms with Gasteiger partial charge < -0.3 is 15.3 Å². The van der Waals surface area contributed by atoms with Crippen LogP contribution in [0.25, 0.3) is 0 Å². The summed E-state index contributed by atoms with van der Waals surface area (Å²) in [6.45, 7) is 1.22. The van der Waals surface area contributed by atoms with Gasteiger partial charge in [0.1, 0.15) is 12.6 Å². The van der Waals surface area contributed by atoms with Gasteiger partial charge in [0.15, 0.2) is 0 Å². The van der Waals surface area contributed by atoms with Crippen LogP contribution in [0, 0.1) is 0 Å². The number of carboxylic acids is 1. The highest BCUT2D eigenvalue weighted by Crippen LogP contribution is 2.26. The topological polar surface area (TPSA) is 86.7 Å². The third kappa shape index (κ3) is 2.96. The maximum Gasteiger partial charge on any atom is 0.325 e. The second-order valence-electron chi connectivity index (χ2n) is 4.74. The van der Waals surface area contributed by atoms with Gasteiger partial charge in [-0.3, -0.25) is 14.4 Å². The predicted octanol–water partition coefficient (Wildman–Crippen LogP) is 0.555. The molecule has 1 atom stereocenters. The summed E-state index contributed by atoms with van der Waals surface area (Å²) in [5.41, 5.74) is 1.74. The molecule has 0 aromatic heterocycles. The monoisotopic (exact) mass is 276 g/mol. The number of aliphatic carboxylic acids is 1. The lowest BCUT2D eigenvalue weighted by molar-refractivity contribution is -0.141. The number of hydrogen-bond acceptors (Lipinski definition) is 3. The molecule has 6 heteroatoms. The Labute approximate surface area is 116 Å². The van der Waals surface area contributed by atoms with Crippen LogP contribution < -0.4 is 10.2 Å². The third-order valence-electron chi connectivity index (χ3n) is 3.24. The van der Waals surface area contributed by atoms with Crippen LogP contribution in [-0.4, -0.2) is 35.5 Å². The fourth-order valence-corrected chi connectivity index (χ4v) is 2.16. The molecule has 0 aliphatic carbocycles. The third-order valence-corrected chi connectivity index (χ3v) is 3.24. The molecular formula is C14H16N2O4. The Morgan fingerprint density at radius 2 is 2.05 bits per heavy atom. The molecule has 2 N–H and O–H groups in total. The molecule has 0 radical (unpaired) electrons. The van der Waals surface area contributed by atoms with Gasteiger partial charge in [0.2, 0.25) is 11.8 Å². The molecule has 1 aromatic rings. The number of hydrogen-bond donors (Lipinski definition) is 2. The lowest BCUT2D eigenvalue weighted by atomic mass is 10.0. The first kappa shape index (κ1) is 14.0. The smallest absolute Gasteiger partial charge is 0.325 e. The number of para-hydroxylation sites is 1. The Morgan fingerprint density at radius 3 is 2.75 bits per heavy atom. The molecule has 1 aromatic carbocycles. The van der Waals surface area contributed by atoms with Gasteiger partial charge in [-0.2, -0.15) is 0 Å². The molecule has 20 heavy (non-hydrogen) atoms. The molecule has 0 saturated heterocycles. The lowest BCUT2D eigenvalue weighted by Crippen LogP contribution is -2.47. The van der Waals surface area contributed by atoms with E-state index in [1.54, 1.807) is 6.07 Å². The van der Waals surface area contributed by atoms with Crippen LogP contribution in [0.15, 0.2) is 24.3 Å². The summed E-state index contributed by atoms with van der Waals surface area (Å²) in [6, 6.07) is 6.44. The second kappa shape index (κ2) is 5.73. The van der Waals surface area contributed by atoms with Crippen molar-refractivity contribution in [3.05, 3.63) is 29.8 Å².